The van der Waals surface area contributed by atoms with Crippen LogP contribution in [0.3, 0.4) is 0 Å². The molecule has 18 heavy (non-hydrogen) atoms. The highest BCUT2D eigenvalue weighted by Crippen LogP contribution is 2.28. The van der Waals surface area contributed by atoms with E-state index in [4.69, 9.17) is 0 Å². The summed E-state index contributed by atoms with van der Waals surface area (Å²) in [6, 6.07) is 6.74. The van der Waals surface area contributed by atoms with Gasteiger partial charge in [0.1, 0.15) is 6.04 Å². The molecule has 1 N–H and O–H groups in total. The quantitative estimate of drug-likeness (QED) is 0.905. The molecule has 5 heteroatoms. The fourth-order valence-electron chi connectivity index (χ4n) is 2.10. The second-order valence-corrected chi connectivity index (χ2v) is 5.15. The van der Waals surface area contributed by atoms with Gasteiger partial charge in [-0.3, -0.25) is 9.69 Å². The molecule has 1 aliphatic heterocycles. The van der Waals surface area contributed by atoms with E-state index in [1.807, 2.05) is 31.2 Å². The Hall–Kier alpha value is -1.49. The second-order valence-electron chi connectivity index (χ2n) is 4.12. The van der Waals surface area contributed by atoms with Crippen molar-refractivity contribution in [3.63, 3.8) is 0 Å². The molecule has 1 atom stereocenters. The van der Waals surface area contributed by atoms with Crippen molar-refractivity contribution < 1.29 is 14.7 Å². The van der Waals surface area contributed by atoms with Crippen LogP contribution in [0.1, 0.15) is 12.5 Å². The van der Waals surface area contributed by atoms with Gasteiger partial charge in [-0.05, 0) is 18.1 Å². The Kier molecular flexibility index (Phi) is 3.91. The number of nitrogens with zero attached hydrogens (tertiary/aromatic N) is 1. The molecule has 1 fully saturated rings. The molecular formula is C13H15NO3S. The summed E-state index contributed by atoms with van der Waals surface area (Å²) in [5, 5.41) is 9.24. The number of amides is 1. The third kappa shape index (κ3) is 2.36. The van der Waals surface area contributed by atoms with Gasteiger partial charge in [0.05, 0.1) is 5.75 Å². The number of aryl methyl sites for hydroxylation is 1. The Morgan fingerprint density at radius 1 is 1.50 bits per heavy atom. The predicted molar refractivity (Wildman–Crippen MR) is 72.1 cm³/mol. The van der Waals surface area contributed by atoms with Gasteiger partial charge in [0.2, 0.25) is 5.91 Å². The molecule has 0 radical (unpaired) electrons. The van der Waals surface area contributed by atoms with Gasteiger partial charge >= 0.3 is 5.97 Å². The standard InChI is InChI=1S/C13H15NO3S/c1-2-9-5-3-4-6-10(9)14-11(13(16)17)7-18-8-12(14)15/h3-6,11H,2,7-8H2,1H3,(H,16,17). The van der Waals surface area contributed by atoms with Gasteiger partial charge in [-0.25, -0.2) is 4.79 Å². The molecule has 1 saturated heterocycles. The molecule has 0 bridgehead atoms. The Morgan fingerprint density at radius 2 is 2.22 bits per heavy atom. The van der Waals surface area contributed by atoms with E-state index >= 15 is 0 Å². The smallest absolute Gasteiger partial charge is 0.327 e. The van der Waals surface area contributed by atoms with Crippen LogP contribution in [-0.2, 0) is 16.0 Å². The molecule has 1 amide bonds. The number of benzene rings is 1. The lowest BCUT2D eigenvalue weighted by molar-refractivity contribution is -0.139. The summed E-state index contributed by atoms with van der Waals surface area (Å²) in [6.07, 6.45) is 0.777. The zero-order chi connectivity index (χ0) is 13.1. The van der Waals surface area contributed by atoms with Crippen LogP contribution in [0.25, 0.3) is 0 Å². The number of aliphatic carboxylic acids is 1. The second kappa shape index (κ2) is 5.44. The van der Waals surface area contributed by atoms with Crippen molar-refractivity contribution >= 4 is 29.3 Å². The van der Waals surface area contributed by atoms with Crippen LogP contribution in [0.15, 0.2) is 24.3 Å². The predicted octanol–water partition coefficient (Wildman–Crippen LogP) is 1.78. The Labute approximate surface area is 110 Å². The molecule has 1 unspecified atom stereocenters. The summed E-state index contributed by atoms with van der Waals surface area (Å²) in [5.74, 6) is -0.276. The van der Waals surface area contributed by atoms with Gasteiger partial charge in [0.25, 0.3) is 0 Å². The molecule has 0 aliphatic carbocycles. The van der Waals surface area contributed by atoms with Gasteiger partial charge in [-0.15, -0.1) is 11.8 Å². The first-order chi connectivity index (χ1) is 8.65. The Bertz CT molecular complexity index is 475. The van der Waals surface area contributed by atoms with Crippen molar-refractivity contribution in [1.82, 2.24) is 0 Å². The van der Waals surface area contributed by atoms with E-state index in [-0.39, 0.29) is 5.91 Å². The van der Waals surface area contributed by atoms with E-state index in [2.05, 4.69) is 0 Å². The fraction of sp³-hybridized carbons (Fsp3) is 0.385. The van der Waals surface area contributed by atoms with E-state index in [9.17, 15) is 14.7 Å². The highest BCUT2D eigenvalue weighted by Gasteiger charge is 2.35. The third-order valence-corrected chi connectivity index (χ3v) is 4.00. The van der Waals surface area contributed by atoms with E-state index in [1.165, 1.54) is 16.7 Å². The van der Waals surface area contributed by atoms with Crippen molar-refractivity contribution in [3.05, 3.63) is 29.8 Å². The maximum atomic E-state index is 12.0. The molecule has 0 spiro atoms. The van der Waals surface area contributed by atoms with E-state index in [0.717, 1.165) is 17.7 Å². The molecule has 1 heterocycles. The monoisotopic (exact) mass is 265 g/mol. The number of hydrogen-bond acceptors (Lipinski definition) is 3. The number of hydrogen-bond donors (Lipinski definition) is 1. The van der Waals surface area contributed by atoms with Crippen LogP contribution < -0.4 is 4.90 Å². The minimum atomic E-state index is -0.943. The normalized spacial score (nSPS) is 19.9. The third-order valence-electron chi connectivity index (χ3n) is 3.00. The summed E-state index contributed by atoms with van der Waals surface area (Å²) in [6.45, 7) is 2.00. The zero-order valence-electron chi connectivity index (χ0n) is 10.1. The first-order valence-corrected chi connectivity index (χ1v) is 7.01. The van der Waals surface area contributed by atoms with E-state index in [0.29, 0.717) is 11.5 Å². The number of thioether (sulfide) groups is 1. The molecule has 2 rings (SSSR count). The van der Waals surface area contributed by atoms with Crippen LogP contribution >= 0.6 is 11.8 Å². The first-order valence-electron chi connectivity index (χ1n) is 5.85. The summed E-state index contributed by atoms with van der Waals surface area (Å²) in [5.41, 5.74) is 1.74. The van der Waals surface area contributed by atoms with E-state index < -0.39 is 12.0 Å². The van der Waals surface area contributed by atoms with Crippen LogP contribution in [0.5, 0.6) is 0 Å². The Morgan fingerprint density at radius 3 is 2.89 bits per heavy atom. The van der Waals surface area contributed by atoms with Gasteiger partial charge in [0, 0.05) is 11.4 Å². The Balaban J connectivity index is 2.43. The molecule has 1 aromatic rings. The maximum absolute atomic E-state index is 12.0. The summed E-state index contributed by atoms with van der Waals surface area (Å²) < 4.78 is 0. The van der Waals surface area contributed by atoms with Crippen molar-refractivity contribution in [2.45, 2.75) is 19.4 Å². The molecule has 4 nitrogen and oxygen atoms in total. The first kappa shape index (κ1) is 13.0. The van der Waals surface area contributed by atoms with Gasteiger partial charge in [0.15, 0.2) is 0 Å². The minimum absolute atomic E-state index is 0.125. The number of anilines is 1. The van der Waals surface area contributed by atoms with Crippen molar-refractivity contribution in [2.75, 3.05) is 16.4 Å². The molecule has 1 aromatic carbocycles. The topological polar surface area (TPSA) is 57.6 Å². The largest absolute Gasteiger partial charge is 0.480 e. The molecule has 1 aliphatic rings. The van der Waals surface area contributed by atoms with Crippen LogP contribution in [0.2, 0.25) is 0 Å². The molecule has 0 aromatic heterocycles. The number of rotatable bonds is 3. The van der Waals surface area contributed by atoms with E-state index in [1.54, 1.807) is 0 Å². The summed E-state index contributed by atoms with van der Waals surface area (Å²) in [7, 11) is 0. The van der Waals surface area contributed by atoms with Crippen LogP contribution in [-0.4, -0.2) is 34.5 Å². The lowest BCUT2D eigenvalue weighted by Gasteiger charge is -2.33. The number of carbonyl (C=O) groups is 2. The van der Waals surface area contributed by atoms with Crippen molar-refractivity contribution in [1.29, 1.82) is 0 Å². The molecule has 96 valence electrons. The SMILES string of the molecule is CCc1ccccc1N1C(=O)CSCC1C(=O)O. The summed E-state index contributed by atoms with van der Waals surface area (Å²) in [4.78, 5) is 24.7. The van der Waals surface area contributed by atoms with Crippen molar-refractivity contribution in [3.8, 4) is 0 Å². The zero-order valence-corrected chi connectivity index (χ0v) is 10.9. The highest BCUT2D eigenvalue weighted by atomic mass is 32.2. The lowest BCUT2D eigenvalue weighted by Crippen LogP contribution is -2.51. The number of carbonyl (C=O) groups excluding carboxylic acids is 1. The lowest BCUT2D eigenvalue weighted by atomic mass is 10.1. The highest BCUT2D eigenvalue weighted by molar-refractivity contribution is 8.00. The number of carboxylic acid groups (broad SMARTS) is 1. The van der Waals surface area contributed by atoms with Crippen LogP contribution in [0.4, 0.5) is 5.69 Å². The minimum Gasteiger partial charge on any atom is -0.480 e. The van der Waals surface area contributed by atoms with Gasteiger partial charge in [-0.1, -0.05) is 25.1 Å². The van der Waals surface area contributed by atoms with Gasteiger partial charge in [-0.2, -0.15) is 0 Å². The van der Waals surface area contributed by atoms with Gasteiger partial charge < -0.3 is 5.11 Å². The fourth-order valence-corrected chi connectivity index (χ4v) is 3.05. The van der Waals surface area contributed by atoms with Crippen molar-refractivity contribution in [2.24, 2.45) is 0 Å². The average molecular weight is 265 g/mol. The maximum Gasteiger partial charge on any atom is 0.327 e. The average Bonchev–Trinajstić information content (AvgIpc) is 2.38. The summed E-state index contributed by atoms with van der Waals surface area (Å²) >= 11 is 1.38. The molecule has 0 saturated carbocycles. The van der Waals surface area contributed by atoms with Crippen LogP contribution in [0, 0.1) is 0 Å². The number of para-hydroxylation sites is 1. The molecular weight excluding hydrogens is 250 g/mol. The number of carboxylic acids is 1.